The first-order valence-electron chi connectivity index (χ1n) is 8.66. The van der Waals surface area contributed by atoms with Gasteiger partial charge in [0.2, 0.25) is 0 Å². The largest absolute Gasteiger partial charge is 0.497 e. The molecular formula is C24H22O2. The molecule has 0 aromatic heterocycles. The maximum absolute atomic E-state index is 11.5. The number of aldehydes is 1. The van der Waals surface area contributed by atoms with Crippen LogP contribution >= 0.6 is 0 Å². The predicted octanol–water partition coefficient (Wildman–Crippen LogP) is 5.82. The van der Waals surface area contributed by atoms with Crippen LogP contribution in [-0.2, 0) is 6.42 Å². The van der Waals surface area contributed by atoms with Crippen molar-refractivity contribution in [2.45, 2.75) is 13.3 Å². The van der Waals surface area contributed by atoms with Gasteiger partial charge in [-0.15, -0.1) is 0 Å². The zero-order valence-electron chi connectivity index (χ0n) is 15.1. The lowest BCUT2D eigenvalue weighted by molar-refractivity contribution is 0.112. The lowest BCUT2D eigenvalue weighted by atomic mass is 9.96. The Hall–Kier alpha value is -3.13. The van der Waals surface area contributed by atoms with Gasteiger partial charge in [-0.1, -0.05) is 60.7 Å². The Kier molecular flexibility index (Phi) is 5.65. The van der Waals surface area contributed by atoms with Gasteiger partial charge in [-0.05, 0) is 59.4 Å². The molecule has 0 aliphatic rings. The lowest BCUT2D eigenvalue weighted by Gasteiger charge is -2.08. The van der Waals surface area contributed by atoms with Crippen molar-refractivity contribution in [3.05, 3.63) is 95.6 Å². The van der Waals surface area contributed by atoms with Gasteiger partial charge in [-0.2, -0.15) is 0 Å². The summed E-state index contributed by atoms with van der Waals surface area (Å²) in [5.41, 5.74) is 6.25. The number of hydrogen-bond acceptors (Lipinski definition) is 2. The van der Waals surface area contributed by atoms with Gasteiger partial charge in [0.15, 0.2) is 6.29 Å². The summed E-state index contributed by atoms with van der Waals surface area (Å²) in [7, 11) is 1.67. The van der Waals surface area contributed by atoms with Gasteiger partial charge in [0.1, 0.15) is 5.75 Å². The van der Waals surface area contributed by atoms with Crippen LogP contribution < -0.4 is 4.74 Å². The van der Waals surface area contributed by atoms with E-state index in [4.69, 9.17) is 4.74 Å². The van der Waals surface area contributed by atoms with E-state index in [0.29, 0.717) is 0 Å². The number of ether oxygens (including phenoxy) is 1. The molecule has 3 aromatic rings. The van der Waals surface area contributed by atoms with Crippen molar-refractivity contribution in [2.24, 2.45) is 0 Å². The maximum Gasteiger partial charge on any atom is 0.150 e. The summed E-state index contributed by atoms with van der Waals surface area (Å²) in [5.74, 6) is 0.855. The average molecular weight is 342 g/mol. The number of allylic oxidation sites excluding steroid dienone is 2. The third-order valence-electron chi connectivity index (χ3n) is 4.52. The van der Waals surface area contributed by atoms with E-state index in [-0.39, 0.29) is 0 Å². The number of carbonyl (C=O) groups is 1. The van der Waals surface area contributed by atoms with E-state index in [1.807, 2.05) is 54.6 Å². The Bertz CT molecular complexity index is 907. The summed E-state index contributed by atoms with van der Waals surface area (Å²) in [4.78, 5) is 11.5. The van der Waals surface area contributed by atoms with E-state index in [9.17, 15) is 4.79 Å². The fourth-order valence-electron chi connectivity index (χ4n) is 2.96. The molecule has 3 aromatic carbocycles. The van der Waals surface area contributed by atoms with Crippen molar-refractivity contribution in [2.75, 3.05) is 7.11 Å². The van der Waals surface area contributed by atoms with Crippen LogP contribution in [0.1, 0.15) is 28.4 Å². The van der Waals surface area contributed by atoms with Gasteiger partial charge in [0.25, 0.3) is 0 Å². The summed E-state index contributed by atoms with van der Waals surface area (Å²) in [6.45, 7) is 2.10. The van der Waals surface area contributed by atoms with Crippen LogP contribution in [0.2, 0.25) is 0 Å². The molecule has 0 saturated heterocycles. The Morgan fingerprint density at radius 1 is 0.962 bits per heavy atom. The maximum atomic E-state index is 11.5. The van der Waals surface area contributed by atoms with Crippen LogP contribution in [0.25, 0.3) is 16.7 Å². The molecule has 0 radical (unpaired) electrons. The normalized spacial score (nSPS) is 11.2. The quantitative estimate of drug-likeness (QED) is 0.528. The Balaban J connectivity index is 1.80. The predicted molar refractivity (Wildman–Crippen MR) is 108 cm³/mol. The highest BCUT2D eigenvalue weighted by atomic mass is 16.5. The third-order valence-corrected chi connectivity index (χ3v) is 4.52. The van der Waals surface area contributed by atoms with Crippen molar-refractivity contribution in [3.8, 4) is 16.9 Å². The number of carbonyl (C=O) groups excluding carboxylic acids is 1. The highest BCUT2D eigenvalue weighted by Gasteiger charge is 2.05. The van der Waals surface area contributed by atoms with E-state index in [1.54, 1.807) is 7.11 Å². The molecule has 0 amide bonds. The van der Waals surface area contributed by atoms with E-state index < -0.39 is 0 Å². The van der Waals surface area contributed by atoms with Crippen LogP contribution in [0.4, 0.5) is 0 Å². The zero-order valence-corrected chi connectivity index (χ0v) is 15.1. The molecule has 26 heavy (non-hydrogen) atoms. The highest BCUT2D eigenvalue weighted by molar-refractivity contribution is 5.87. The first-order chi connectivity index (χ1) is 12.7. The highest BCUT2D eigenvalue weighted by Crippen LogP contribution is 2.24. The fourth-order valence-corrected chi connectivity index (χ4v) is 2.96. The number of rotatable bonds is 6. The van der Waals surface area contributed by atoms with Crippen molar-refractivity contribution in [3.63, 3.8) is 0 Å². The third kappa shape index (κ3) is 4.09. The molecule has 0 unspecified atom stereocenters. The van der Waals surface area contributed by atoms with Gasteiger partial charge in [0, 0.05) is 5.56 Å². The molecule has 0 spiro atoms. The zero-order chi connectivity index (χ0) is 18.4. The van der Waals surface area contributed by atoms with Gasteiger partial charge >= 0.3 is 0 Å². The standard InChI is InChI=1S/C24H22O2/c1-18(20-11-13-23(26-2)14-12-20)8-9-19-10-15-24(22(16-19)17-25)21-6-4-3-5-7-21/h3-8,10-17H,9H2,1-2H3. The van der Waals surface area contributed by atoms with Gasteiger partial charge in [0.05, 0.1) is 7.11 Å². The molecule has 0 heterocycles. The number of methoxy groups -OCH3 is 1. The van der Waals surface area contributed by atoms with Crippen LogP contribution in [0.5, 0.6) is 5.75 Å². The van der Waals surface area contributed by atoms with E-state index in [0.717, 1.165) is 40.7 Å². The molecule has 2 heteroatoms. The lowest BCUT2D eigenvalue weighted by Crippen LogP contribution is -1.92. The molecule has 0 aliphatic carbocycles. The van der Waals surface area contributed by atoms with Crippen LogP contribution in [0.15, 0.2) is 78.9 Å². The number of hydrogen-bond donors (Lipinski definition) is 0. The topological polar surface area (TPSA) is 26.3 Å². The summed E-state index contributed by atoms with van der Waals surface area (Å²) >= 11 is 0. The minimum absolute atomic E-state index is 0.726. The smallest absolute Gasteiger partial charge is 0.150 e. The minimum Gasteiger partial charge on any atom is -0.497 e. The summed E-state index contributed by atoms with van der Waals surface area (Å²) < 4.78 is 5.20. The Morgan fingerprint density at radius 2 is 1.69 bits per heavy atom. The first kappa shape index (κ1) is 17.7. The van der Waals surface area contributed by atoms with Crippen molar-refractivity contribution < 1.29 is 9.53 Å². The molecule has 0 N–H and O–H groups in total. The Morgan fingerprint density at radius 3 is 2.35 bits per heavy atom. The summed E-state index contributed by atoms with van der Waals surface area (Å²) in [5, 5.41) is 0. The first-order valence-corrected chi connectivity index (χ1v) is 8.66. The Labute approximate surface area is 154 Å². The molecule has 3 rings (SSSR count). The van der Waals surface area contributed by atoms with E-state index >= 15 is 0 Å². The summed E-state index contributed by atoms with van der Waals surface area (Å²) in [6.07, 6.45) is 3.91. The molecule has 0 fully saturated rings. The van der Waals surface area contributed by atoms with Crippen molar-refractivity contribution in [1.29, 1.82) is 0 Å². The second-order valence-electron chi connectivity index (χ2n) is 6.23. The number of benzene rings is 3. The molecular weight excluding hydrogens is 320 g/mol. The monoisotopic (exact) mass is 342 g/mol. The molecule has 0 saturated carbocycles. The average Bonchev–Trinajstić information content (AvgIpc) is 2.72. The summed E-state index contributed by atoms with van der Waals surface area (Å²) in [6, 6.07) is 24.1. The molecule has 2 nitrogen and oxygen atoms in total. The fraction of sp³-hybridized carbons (Fsp3) is 0.125. The van der Waals surface area contributed by atoms with E-state index in [1.165, 1.54) is 11.1 Å². The van der Waals surface area contributed by atoms with Gasteiger partial charge in [-0.25, -0.2) is 0 Å². The van der Waals surface area contributed by atoms with Crippen molar-refractivity contribution >= 4 is 11.9 Å². The second-order valence-corrected chi connectivity index (χ2v) is 6.23. The van der Waals surface area contributed by atoms with Crippen molar-refractivity contribution in [1.82, 2.24) is 0 Å². The SMILES string of the molecule is COc1ccc(C(C)=CCc2ccc(-c3ccccc3)c(C=O)c2)cc1. The molecule has 0 bridgehead atoms. The van der Waals surface area contributed by atoms with Crippen LogP contribution in [0.3, 0.4) is 0 Å². The molecule has 0 aliphatic heterocycles. The van der Waals surface area contributed by atoms with Crippen LogP contribution in [0, 0.1) is 0 Å². The second kappa shape index (κ2) is 8.30. The van der Waals surface area contributed by atoms with Crippen LogP contribution in [-0.4, -0.2) is 13.4 Å². The van der Waals surface area contributed by atoms with E-state index in [2.05, 4.69) is 31.2 Å². The molecule has 0 atom stereocenters. The molecule has 130 valence electrons. The van der Waals surface area contributed by atoms with Gasteiger partial charge < -0.3 is 4.74 Å². The minimum atomic E-state index is 0.726. The van der Waals surface area contributed by atoms with Gasteiger partial charge in [-0.3, -0.25) is 4.79 Å².